The zero-order chi connectivity index (χ0) is 21.3. The van der Waals surface area contributed by atoms with Crippen LogP contribution in [0.25, 0.3) is 11.0 Å². The summed E-state index contributed by atoms with van der Waals surface area (Å²) < 4.78 is 45.0. The van der Waals surface area contributed by atoms with Crippen LogP contribution < -0.4 is 0 Å². The van der Waals surface area contributed by atoms with E-state index in [2.05, 4.69) is 34.0 Å². The molecule has 0 unspecified atom stereocenters. The van der Waals surface area contributed by atoms with Gasteiger partial charge in [-0.1, -0.05) is 10.3 Å². The van der Waals surface area contributed by atoms with E-state index >= 15 is 0 Å². The lowest BCUT2D eigenvalue weighted by molar-refractivity contribution is 0.0123. The summed E-state index contributed by atoms with van der Waals surface area (Å²) in [6.07, 6.45) is -0.0292. The molecule has 1 aromatic carbocycles. The molecule has 152 valence electrons. The maximum Gasteiger partial charge on any atom is 0.208 e. The van der Waals surface area contributed by atoms with Gasteiger partial charge in [0.15, 0.2) is 10.6 Å². The minimum atomic E-state index is -4.10. The third-order valence-corrected chi connectivity index (χ3v) is 7.11. The first-order valence-electron chi connectivity index (χ1n) is 9.01. The third-order valence-electron chi connectivity index (χ3n) is 4.76. The summed E-state index contributed by atoms with van der Waals surface area (Å²) in [7, 11) is -4.10. The molecule has 0 spiro atoms. The molecule has 0 saturated heterocycles. The second-order valence-electron chi connectivity index (χ2n) is 7.39. The molecule has 0 radical (unpaired) electrons. The molecule has 8 heteroatoms. The smallest absolute Gasteiger partial charge is 0.208 e. The Bertz CT molecular complexity index is 1180. The average Bonchev–Trinajstić information content (AvgIpc) is 3.25. The van der Waals surface area contributed by atoms with Crippen molar-refractivity contribution in [1.29, 1.82) is 0 Å². The van der Waals surface area contributed by atoms with Gasteiger partial charge < -0.3 is 9.36 Å². The molecule has 1 aromatic heterocycles. The SMILES string of the molecule is CC#CCC(CC#CC)(c1noc2cc(F)ccc12)S(=O)(=O)C1=NOC(C)(C)C1. The maximum atomic E-state index is 13.9. The van der Waals surface area contributed by atoms with Crippen molar-refractivity contribution in [2.24, 2.45) is 5.16 Å². The predicted octanol–water partition coefficient (Wildman–Crippen LogP) is 3.92. The van der Waals surface area contributed by atoms with E-state index < -0.39 is 26.0 Å². The van der Waals surface area contributed by atoms with E-state index in [0.717, 1.165) is 0 Å². The van der Waals surface area contributed by atoms with Crippen LogP contribution in [0.15, 0.2) is 27.9 Å². The molecule has 1 aliphatic heterocycles. The van der Waals surface area contributed by atoms with Gasteiger partial charge in [-0.2, -0.15) is 0 Å². The summed E-state index contributed by atoms with van der Waals surface area (Å²) in [5.41, 5.74) is -0.445. The predicted molar refractivity (Wildman–Crippen MR) is 108 cm³/mol. The highest BCUT2D eigenvalue weighted by molar-refractivity contribution is 8.07. The van der Waals surface area contributed by atoms with Gasteiger partial charge in [-0.15, -0.1) is 23.7 Å². The van der Waals surface area contributed by atoms with Gasteiger partial charge in [-0.25, -0.2) is 12.8 Å². The number of nitrogens with zero attached hydrogens (tertiary/aromatic N) is 2. The van der Waals surface area contributed by atoms with Gasteiger partial charge in [0.2, 0.25) is 9.84 Å². The van der Waals surface area contributed by atoms with Crippen LogP contribution in [-0.4, -0.2) is 24.2 Å². The van der Waals surface area contributed by atoms with E-state index in [1.165, 1.54) is 18.2 Å². The Hall–Kier alpha value is -2.84. The lowest BCUT2D eigenvalue weighted by Gasteiger charge is -2.28. The van der Waals surface area contributed by atoms with Crippen LogP contribution in [0.2, 0.25) is 0 Å². The Labute approximate surface area is 169 Å². The van der Waals surface area contributed by atoms with Crippen molar-refractivity contribution >= 4 is 25.9 Å². The number of oxime groups is 1. The van der Waals surface area contributed by atoms with Gasteiger partial charge in [-0.05, 0) is 39.8 Å². The molecule has 0 atom stereocenters. The molecule has 0 amide bonds. The summed E-state index contributed by atoms with van der Waals surface area (Å²) in [5, 5.41) is 8.20. The Kier molecular flexibility index (Phi) is 5.42. The van der Waals surface area contributed by atoms with Crippen LogP contribution in [0.1, 0.15) is 52.7 Å². The summed E-state index contributed by atoms with van der Waals surface area (Å²) in [4.78, 5) is 5.31. The van der Waals surface area contributed by atoms with Crippen molar-refractivity contribution in [1.82, 2.24) is 5.16 Å². The zero-order valence-corrected chi connectivity index (χ0v) is 17.5. The van der Waals surface area contributed by atoms with Gasteiger partial charge in [0.05, 0.1) is 0 Å². The minimum absolute atomic E-state index is 0.0705. The van der Waals surface area contributed by atoms with Crippen LogP contribution in [0.3, 0.4) is 0 Å². The van der Waals surface area contributed by atoms with E-state index in [1.54, 1.807) is 27.7 Å². The second-order valence-corrected chi connectivity index (χ2v) is 9.65. The molecule has 3 rings (SSSR count). The monoisotopic (exact) mass is 416 g/mol. The van der Waals surface area contributed by atoms with Crippen LogP contribution in [0, 0.1) is 29.5 Å². The topological polar surface area (TPSA) is 81.8 Å². The van der Waals surface area contributed by atoms with E-state index in [0.29, 0.717) is 5.39 Å². The fourth-order valence-corrected chi connectivity index (χ4v) is 5.27. The average molecular weight is 416 g/mol. The van der Waals surface area contributed by atoms with Crippen molar-refractivity contribution < 1.29 is 22.2 Å². The van der Waals surface area contributed by atoms with Crippen molar-refractivity contribution in [3.63, 3.8) is 0 Å². The number of hydrogen-bond donors (Lipinski definition) is 0. The second kappa shape index (κ2) is 7.53. The molecule has 1 aliphatic rings. The first-order valence-corrected chi connectivity index (χ1v) is 10.5. The van der Waals surface area contributed by atoms with Gasteiger partial charge in [0.1, 0.15) is 21.9 Å². The lowest BCUT2D eigenvalue weighted by atomic mass is 9.94. The molecular weight excluding hydrogens is 395 g/mol. The van der Waals surface area contributed by atoms with Crippen molar-refractivity contribution in [2.45, 2.75) is 57.3 Å². The summed E-state index contributed by atoms with van der Waals surface area (Å²) in [6.45, 7) is 6.76. The summed E-state index contributed by atoms with van der Waals surface area (Å²) >= 11 is 0. The Morgan fingerprint density at radius 2 is 1.86 bits per heavy atom. The molecule has 0 bridgehead atoms. The molecule has 0 N–H and O–H groups in total. The van der Waals surface area contributed by atoms with E-state index in [9.17, 15) is 12.8 Å². The Morgan fingerprint density at radius 3 is 2.41 bits per heavy atom. The first kappa shape index (κ1) is 20.9. The van der Waals surface area contributed by atoms with Gasteiger partial charge in [0, 0.05) is 30.7 Å². The molecule has 0 aliphatic carbocycles. The number of aromatic nitrogens is 1. The number of fused-ring (bicyclic) bond motifs is 1. The van der Waals surface area contributed by atoms with Crippen molar-refractivity contribution in [3.05, 3.63) is 29.7 Å². The number of sulfone groups is 1. The van der Waals surface area contributed by atoms with Crippen molar-refractivity contribution in [3.8, 4) is 23.7 Å². The molecule has 29 heavy (non-hydrogen) atoms. The van der Waals surface area contributed by atoms with E-state index in [1.807, 2.05) is 0 Å². The van der Waals surface area contributed by atoms with Crippen molar-refractivity contribution in [2.75, 3.05) is 0 Å². The molecule has 2 heterocycles. The molecular formula is C21H21FN2O4S. The lowest BCUT2D eigenvalue weighted by Crippen LogP contribution is -2.41. The van der Waals surface area contributed by atoms with Crippen LogP contribution >= 0.6 is 0 Å². The number of hydrogen-bond acceptors (Lipinski definition) is 6. The van der Waals surface area contributed by atoms with Gasteiger partial charge in [0.25, 0.3) is 0 Å². The largest absolute Gasteiger partial charge is 0.389 e. The standard InChI is InChI=1S/C21H21FN2O4S/c1-5-7-11-21(12-8-6-2,29(25,26)18-14-20(3,4)28-23-18)19-16-10-9-15(22)13-17(16)27-24-19/h9-10,13H,11-12,14H2,1-4H3. The Morgan fingerprint density at radius 1 is 1.21 bits per heavy atom. The molecule has 2 aromatic rings. The highest BCUT2D eigenvalue weighted by Crippen LogP contribution is 2.43. The molecule has 0 saturated carbocycles. The third kappa shape index (κ3) is 3.61. The number of halogens is 1. The quantitative estimate of drug-likeness (QED) is 0.706. The van der Waals surface area contributed by atoms with Gasteiger partial charge >= 0.3 is 0 Å². The first-order chi connectivity index (χ1) is 13.7. The highest BCUT2D eigenvalue weighted by atomic mass is 32.2. The summed E-state index contributed by atoms with van der Waals surface area (Å²) in [6, 6.07) is 3.85. The fraction of sp³-hybridized carbons (Fsp3) is 0.429. The maximum absolute atomic E-state index is 13.9. The van der Waals surface area contributed by atoms with Crippen LogP contribution in [0.5, 0.6) is 0 Å². The highest BCUT2D eigenvalue weighted by Gasteiger charge is 2.53. The summed E-state index contributed by atoms with van der Waals surface area (Å²) in [5.74, 6) is 10.7. The molecule has 0 fully saturated rings. The number of rotatable bonds is 4. The molecule has 6 nitrogen and oxygen atoms in total. The normalized spacial score (nSPS) is 15.7. The zero-order valence-electron chi connectivity index (χ0n) is 16.7. The van der Waals surface area contributed by atoms with E-state index in [-0.39, 0.29) is 35.6 Å². The Balaban J connectivity index is 2.30. The number of benzene rings is 1. The van der Waals surface area contributed by atoms with Crippen LogP contribution in [0.4, 0.5) is 4.39 Å². The minimum Gasteiger partial charge on any atom is -0.389 e. The van der Waals surface area contributed by atoms with Crippen LogP contribution in [-0.2, 0) is 19.4 Å². The van der Waals surface area contributed by atoms with E-state index in [4.69, 9.17) is 9.36 Å². The van der Waals surface area contributed by atoms with Gasteiger partial charge in [-0.3, -0.25) is 0 Å². The fourth-order valence-electron chi connectivity index (χ4n) is 3.22.